The highest BCUT2D eigenvalue weighted by Crippen LogP contribution is 2.23. The zero-order valence-corrected chi connectivity index (χ0v) is 9.73. The molecule has 0 aliphatic carbocycles. The fourth-order valence-electron chi connectivity index (χ4n) is 0.982. The molecule has 0 N–H and O–H groups in total. The molecular formula is C7H3BrClNO3S. The lowest BCUT2D eigenvalue weighted by Gasteiger charge is -1.86. The number of hydrogen-bond donors (Lipinski definition) is 0. The number of aromatic nitrogens is 1. The van der Waals surface area contributed by atoms with Crippen LogP contribution in [0.2, 0.25) is 0 Å². The molecule has 0 aliphatic heterocycles. The van der Waals surface area contributed by atoms with Crippen molar-refractivity contribution >= 4 is 46.8 Å². The van der Waals surface area contributed by atoms with Gasteiger partial charge in [0.15, 0.2) is 5.58 Å². The van der Waals surface area contributed by atoms with E-state index in [1.165, 1.54) is 0 Å². The molecule has 0 fully saturated rings. The molecule has 1 aromatic carbocycles. The van der Waals surface area contributed by atoms with E-state index in [2.05, 4.69) is 20.9 Å². The number of fused-ring (bicyclic) bond motifs is 1. The van der Waals surface area contributed by atoms with E-state index in [4.69, 9.17) is 15.1 Å². The Morgan fingerprint density at radius 1 is 1.43 bits per heavy atom. The van der Waals surface area contributed by atoms with E-state index in [1.807, 2.05) is 0 Å². The molecule has 2 rings (SSSR count). The van der Waals surface area contributed by atoms with Gasteiger partial charge in [0.25, 0.3) is 0 Å². The molecule has 0 radical (unpaired) electrons. The van der Waals surface area contributed by atoms with E-state index in [9.17, 15) is 8.42 Å². The standard InChI is InChI=1S/C7H3BrClNO3S/c8-4-1-2-5-6(3-4)13-7(10-5)14(9,11)12/h1-3H. The zero-order valence-electron chi connectivity index (χ0n) is 6.57. The molecule has 0 aliphatic rings. The van der Waals surface area contributed by atoms with Gasteiger partial charge in [0.1, 0.15) is 5.52 Å². The molecule has 74 valence electrons. The number of hydrogen-bond acceptors (Lipinski definition) is 4. The molecule has 0 atom stereocenters. The molecule has 4 nitrogen and oxygen atoms in total. The molecule has 0 saturated carbocycles. The van der Waals surface area contributed by atoms with Crippen molar-refractivity contribution < 1.29 is 12.8 Å². The van der Waals surface area contributed by atoms with Gasteiger partial charge in [-0.25, -0.2) is 8.42 Å². The topological polar surface area (TPSA) is 60.2 Å². The first-order chi connectivity index (χ1) is 6.47. The van der Waals surface area contributed by atoms with Crippen LogP contribution in [-0.4, -0.2) is 13.4 Å². The van der Waals surface area contributed by atoms with Crippen LogP contribution in [0.25, 0.3) is 11.1 Å². The third-order valence-electron chi connectivity index (χ3n) is 1.54. The van der Waals surface area contributed by atoms with Crippen LogP contribution in [0, 0.1) is 0 Å². The minimum atomic E-state index is -3.90. The maximum absolute atomic E-state index is 10.9. The van der Waals surface area contributed by atoms with Crippen molar-refractivity contribution in [2.75, 3.05) is 0 Å². The first-order valence-electron chi connectivity index (χ1n) is 3.47. The largest absolute Gasteiger partial charge is 0.427 e. The van der Waals surface area contributed by atoms with Crippen molar-refractivity contribution in [1.82, 2.24) is 4.98 Å². The molecule has 7 heteroatoms. The quantitative estimate of drug-likeness (QED) is 0.759. The predicted molar refractivity (Wildman–Crippen MR) is 54.7 cm³/mol. The molecule has 2 aromatic rings. The second-order valence-corrected chi connectivity index (χ2v) is 5.89. The number of benzene rings is 1. The second-order valence-electron chi connectivity index (χ2n) is 2.53. The first-order valence-corrected chi connectivity index (χ1v) is 6.58. The average molecular weight is 297 g/mol. The molecule has 0 saturated heterocycles. The molecular weight excluding hydrogens is 294 g/mol. The summed E-state index contributed by atoms with van der Waals surface area (Å²) in [6.07, 6.45) is 0. The summed E-state index contributed by atoms with van der Waals surface area (Å²) >= 11 is 3.22. The minimum Gasteiger partial charge on any atom is -0.427 e. The van der Waals surface area contributed by atoms with Crippen LogP contribution in [0.5, 0.6) is 0 Å². The monoisotopic (exact) mass is 295 g/mol. The van der Waals surface area contributed by atoms with Crippen molar-refractivity contribution in [3.63, 3.8) is 0 Å². The highest BCUT2D eigenvalue weighted by atomic mass is 79.9. The lowest BCUT2D eigenvalue weighted by Crippen LogP contribution is -1.88. The van der Waals surface area contributed by atoms with Crippen molar-refractivity contribution in [3.05, 3.63) is 22.7 Å². The molecule has 1 aromatic heterocycles. The van der Waals surface area contributed by atoms with Gasteiger partial charge in [-0.1, -0.05) is 15.9 Å². The Bertz CT molecular complexity index is 592. The van der Waals surface area contributed by atoms with E-state index in [0.29, 0.717) is 11.1 Å². The molecule has 0 unspecified atom stereocenters. The number of rotatable bonds is 1. The average Bonchev–Trinajstić information content (AvgIpc) is 2.45. The van der Waals surface area contributed by atoms with Crippen molar-refractivity contribution in [3.8, 4) is 0 Å². The van der Waals surface area contributed by atoms with Crippen LogP contribution in [0.1, 0.15) is 0 Å². The smallest absolute Gasteiger partial charge is 0.332 e. The normalized spacial score (nSPS) is 12.1. The van der Waals surface area contributed by atoms with Gasteiger partial charge < -0.3 is 4.42 Å². The van der Waals surface area contributed by atoms with Gasteiger partial charge in [-0.15, -0.1) is 0 Å². The number of nitrogens with zero attached hydrogens (tertiary/aromatic N) is 1. The third-order valence-corrected chi connectivity index (χ3v) is 3.02. The summed E-state index contributed by atoms with van der Waals surface area (Å²) in [6.45, 7) is 0. The maximum Gasteiger partial charge on any atom is 0.332 e. The highest BCUT2D eigenvalue weighted by Gasteiger charge is 2.18. The third kappa shape index (κ3) is 1.77. The number of oxazole rings is 1. The van der Waals surface area contributed by atoms with E-state index in [1.54, 1.807) is 18.2 Å². The minimum absolute atomic E-state index is 0.374. The summed E-state index contributed by atoms with van der Waals surface area (Å²) in [4.78, 5) is 3.72. The maximum atomic E-state index is 10.9. The Kier molecular flexibility index (Phi) is 2.29. The Balaban J connectivity index is 2.75. The first kappa shape index (κ1) is 9.95. The van der Waals surface area contributed by atoms with Gasteiger partial charge >= 0.3 is 14.3 Å². The van der Waals surface area contributed by atoms with Crippen LogP contribution in [0.4, 0.5) is 0 Å². The molecule has 0 spiro atoms. The summed E-state index contributed by atoms with van der Waals surface area (Å²) in [5.41, 5.74) is 0.825. The van der Waals surface area contributed by atoms with Crippen LogP contribution in [0.15, 0.2) is 32.3 Å². The zero-order chi connectivity index (χ0) is 10.3. The Morgan fingerprint density at radius 2 is 2.14 bits per heavy atom. The van der Waals surface area contributed by atoms with Crippen molar-refractivity contribution in [1.29, 1.82) is 0 Å². The van der Waals surface area contributed by atoms with Crippen LogP contribution in [0.3, 0.4) is 0 Å². The summed E-state index contributed by atoms with van der Waals surface area (Å²) in [6, 6.07) is 4.98. The molecule has 0 amide bonds. The second kappa shape index (κ2) is 3.22. The summed E-state index contributed by atoms with van der Waals surface area (Å²) < 4.78 is 27.5. The highest BCUT2D eigenvalue weighted by molar-refractivity contribution is 9.10. The fourth-order valence-corrected chi connectivity index (χ4v) is 1.92. The van der Waals surface area contributed by atoms with Crippen LogP contribution < -0.4 is 0 Å². The molecule has 14 heavy (non-hydrogen) atoms. The lowest BCUT2D eigenvalue weighted by atomic mass is 10.3. The Hall–Kier alpha value is -0.590. The summed E-state index contributed by atoms with van der Waals surface area (Å²) in [5, 5.41) is -0.479. The van der Waals surface area contributed by atoms with Crippen molar-refractivity contribution in [2.45, 2.75) is 5.22 Å². The van der Waals surface area contributed by atoms with E-state index < -0.39 is 14.3 Å². The van der Waals surface area contributed by atoms with Crippen LogP contribution in [-0.2, 0) is 9.05 Å². The SMILES string of the molecule is O=S(=O)(Cl)c1nc2ccc(Br)cc2o1. The molecule has 1 heterocycles. The predicted octanol–water partition coefficient (Wildman–Crippen LogP) is 2.52. The van der Waals surface area contributed by atoms with Gasteiger partial charge in [0.05, 0.1) is 0 Å². The Morgan fingerprint density at radius 3 is 2.79 bits per heavy atom. The lowest BCUT2D eigenvalue weighted by molar-refractivity contribution is 0.464. The van der Waals surface area contributed by atoms with Gasteiger partial charge in [-0.2, -0.15) is 4.98 Å². The van der Waals surface area contributed by atoms with Gasteiger partial charge in [0, 0.05) is 15.2 Å². The number of halogens is 2. The van der Waals surface area contributed by atoms with Gasteiger partial charge in [-0.3, -0.25) is 0 Å². The van der Waals surface area contributed by atoms with Gasteiger partial charge in [-0.05, 0) is 18.2 Å². The summed E-state index contributed by atoms with van der Waals surface area (Å²) in [7, 11) is 1.18. The molecule has 0 bridgehead atoms. The van der Waals surface area contributed by atoms with Crippen LogP contribution >= 0.6 is 26.6 Å². The van der Waals surface area contributed by atoms with Gasteiger partial charge in [0.2, 0.25) is 0 Å². The van der Waals surface area contributed by atoms with E-state index >= 15 is 0 Å². The van der Waals surface area contributed by atoms with Crippen molar-refractivity contribution in [2.24, 2.45) is 0 Å². The fraction of sp³-hybridized carbons (Fsp3) is 0. The Labute approximate surface area is 92.4 Å². The van der Waals surface area contributed by atoms with E-state index in [-0.39, 0.29) is 0 Å². The van der Waals surface area contributed by atoms with E-state index in [0.717, 1.165) is 4.47 Å². The summed E-state index contributed by atoms with van der Waals surface area (Å²) in [5.74, 6) is 0.